The second kappa shape index (κ2) is 3.44. The van der Waals surface area contributed by atoms with Gasteiger partial charge in [0.1, 0.15) is 0 Å². The van der Waals surface area contributed by atoms with Gasteiger partial charge in [0.25, 0.3) is 0 Å². The minimum Gasteiger partial charge on any atom is -0.394 e. The Hall–Kier alpha value is -0.570. The van der Waals surface area contributed by atoms with Gasteiger partial charge in [-0.15, -0.1) is 0 Å². The zero-order chi connectivity index (χ0) is 9.19. The first-order chi connectivity index (χ1) is 5.56. The molecule has 66 valence electrons. The summed E-state index contributed by atoms with van der Waals surface area (Å²) >= 11 is 5.70. The monoisotopic (exact) mass is 185 g/mol. The van der Waals surface area contributed by atoms with Crippen LogP contribution in [-0.4, -0.2) is 11.7 Å². The molecular weight excluding hydrogens is 174 g/mol. The van der Waals surface area contributed by atoms with Gasteiger partial charge in [0.05, 0.1) is 12.1 Å². The number of aliphatic hydroxyl groups is 1. The van der Waals surface area contributed by atoms with Gasteiger partial charge < -0.3 is 10.8 Å². The molecule has 1 atom stereocenters. The van der Waals surface area contributed by atoms with Crippen molar-refractivity contribution in [2.45, 2.75) is 12.5 Å². The van der Waals surface area contributed by atoms with Crippen LogP contribution in [0.2, 0.25) is 5.02 Å². The fraction of sp³-hybridized carbons (Fsp3) is 0.333. The van der Waals surface area contributed by atoms with Crippen LogP contribution in [0.15, 0.2) is 24.3 Å². The van der Waals surface area contributed by atoms with Crippen molar-refractivity contribution < 1.29 is 5.11 Å². The van der Waals surface area contributed by atoms with Crippen molar-refractivity contribution in [3.8, 4) is 0 Å². The second-order valence-electron chi connectivity index (χ2n) is 3.08. The van der Waals surface area contributed by atoms with Crippen molar-refractivity contribution in [3.05, 3.63) is 34.9 Å². The van der Waals surface area contributed by atoms with E-state index in [2.05, 4.69) is 0 Å². The smallest absolute Gasteiger partial charge is 0.0650 e. The van der Waals surface area contributed by atoms with E-state index in [1.165, 1.54) is 0 Å². The lowest BCUT2D eigenvalue weighted by Crippen LogP contribution is -2.36. The average Bonchev–Trinajstić information content (AvgIpc) is 2.05. The first-order valence-corrected chi connectivity index (χ1v) is 4.10. The third-order valence-electron chi connectivity index (χ3n) is 1.83. The second-order valence-corrected chi connectivity index (χ2v) is 3.52. The summed E-state index contributed by atoms with van der Waals surface area (Å²) < 4.78 is 0. The molecule has 3 heteroatoms. The fourth-order valence-corrected chi connectivity index (χ4v) is 1.05. The Kier molecular flexibility index (Phi) is 2.73. The number of rotatable bonds is 2. The molecule has 0 spiro atoms. The molecule has 2 nitrogen and oxygen atoms in total. The van der Waals surface area contributed by atoms with Gasteiger partial charge >= 0.3 is 0 Å². The molecule has 0 bridgehead atoms. The largest absolute Gasteiger partial charge is 0.394 e. The van der Waals surface area contributed by atoms with Crippen LogP contribution in [0.25, 0.3) is 0 Å². The Morgan fingerprint density at radius 2 is 1.92 bits per heavy atom. The molecule has 0 radical (unpaired) electrons. The van der Waals surface area contributed by atoms with E-state index >= 15 is 0 Å². The maximum absolute atomic E-state index is 8.96. The van der Waals surface area contributed by atoms with Crippen LogP contribution in [0.1, 0.15) is 12.5 Å². The molecule has 1 aromatic carbocycles. The maximum Gasteiger partial charge on any atom is 0.0650 e. The van der Waals surface area contributed by atoms with Gasteiger partial charge in [-0.1, -0.05) is 23.7 Å². The Morgan fingerprint density at radius 1 is 1.42 bits per heavy atom. The van der Waals surface area contributed by atoms with Gasteiger partial charge in [-0.25, -0.2) is 0 Å². The van der Waals surface area contributed by atoms with Crippen molar-refractivity contribution in [2.75, 3.05) is 6.61 Å². The minimum atomic E-state index is -0.676. The topological polar surface area (TPSA) is 46.2 Å². The van der Waals surface area contributed by atoms with Gasteiger partial charge in [0.15, 0.2) is 0 Å². The molecule has 0 amide bonds. The van der Waals surface area contributed by atoms with Crippen molar-refractivity contribution in [2.24, 2.45) is 5.73 Å². The van der Waals surface area contributed by atoms with E-state index in [1.54, 1.807) is 19.1 Å². The highest BCUT2D eigenvalue weighted by Crippen LogP contribution is 2.19. The predicted octanol–water partition coefficient (Wildman–Crippen LogP) is 1.51. The zero-order valence-corrected chi connectivity index (χ0v) is 7.67. The summed E-state index contributed by atoms with van der Waals surface area (Å²) in [6, 6.07) is 7.16. The van der Waals surface area contributed by atoms with Gasteiger partial charge in [0, 0.05) is 5.02 Å². The van der Waals surface area contributed by atoms with E-state index in [9.17, 15) is 0 Å². The lowest BCUT2D eigenvalue weighted by molar-refractivity contribution is 0.210. The van der Waals surface area contributed by atoms with Crippen LogP contribution in [0.3, 0.4) is 0 Å². The maximum atomic E-state index is 8.96. The van der Waals surface area contributed by atoms with E-state index in [1.807, 2.05) is 12.1 Å². The van der Waals surface area contributed by atoms with Crippen LogP contribution in [0.4, 0.5) is 0 Å². The Bertz CT molecular complexity index is 256. The Morgan fingerprint density at radius 3 is 2.33 bits per heavy atom. The van der Waals surface area contributed by atoms with Gasteiger partial charge in [-0.2, -0.15) is 0 Å². The molecule has 0 aliphatic heterocycles. The molecule has 0 aliphatic rings. The summed E-state index contributed by atoms with van der Waals surface area (Å²) in [5, 5.41) is 9.63. The number of halogens is 1. The van der Waals surface area contributed by atoms with Gasteiger partial charge in [-0.05, 0) is 24.6 Å². The van der Waals surface area contributed by atoms with Crippen LogP contribution < -0.4 is 5.73 Å². The molecule has 0 saturated heterocycles. The van der Waals surface area contributed by atoms with Crippen LogP contribution in [0.5, 0.6) is 0 Å². The molecule has 0 fully saturated rings. The minimum absolute atomic E-state index is 0.0748. The van der Waals surface area contributed by atoms with Crippen LogP contribution in [-0.2, 0) is 5.54 Å². The number of aliphatic hydroxyl groups excluding tert-OH is 1. The molecular formula is C9H12ClNO. The fourth-order valence-electron chi connectivity index (χ4n) is 0.922. The van der Waals surface area contributed by atoms with Crippen molar-refractivity contribution in [1.82, 2.24) is 0 Å². The summed E-state index contributed by atoms with van der Waals surface area (Å²) in [6.07, 6.45) is 0. The summed E-state index contributed by atoms with van der Waals surface area (Å²) in [5.74, 6) is 0. The number of benzene rings is 1. The molecule has 3 N–H and O–H groups in total. The molecule has 1 rings (SSSR count). The van der Waals surface area contributed by atoms with Gasteiger partial charge in [0.2, 0.25) is 0 Å². The van der Waals surface area contributed by atoms with E-state index in [0.29, 0.717) is 5.02 Å². The predicted molar refractivity (Wildman–Crippen MR) is 50.1 cm³/mol. The summed E-state index contributed by atoms with van der Waals surface area (Å²) in [4.78, 5) is 0. The molecule has 0 aliphatic carbocycles. The van der Waals surface area contributed by atoms with E-state index < -0.39 is 5.54 Å². The first-order valence-electron chi connectivity index (χ1n) is 3.72. The molecule has 12 heavy (non-hydrogen) atoms. The third kappa shape index (κ3) is 1.97. The number of nitrogens with two attached hydrogens (primary N) is 1. The van der Waals surface area contributed by atoms with Gasteiger partial charge in [-0.3, -0.25) is 0 Å². The summed E-state index contributed by atoms with van der Waals surface area (Å²) in [6.45, 7) is 1.70. The van der Waals surface area contributed by atoms with E-state index in [0.717, 1.165) is 5.56 Å². The zero-order valence-electron chi connectivity index (χ0n) is 6.92. The average molecular weight is 186 g/mol. The standard InChI is InChI=1S/C9H12ClNO/c1-9(11,6-12)7-2-4-8(10)5-3-7/h2-5,12H,6,11H2,1H3/t9-/m1/s1. The first kappa shape index (κ1) is 9.52. The Labute approximate surface area is 77.0 Å². The molecule has 0 saturated carbocycles. The highest BCUT2D eigenvalue weighted by atomic mass is 35.5. The SMILES string of the molecule is C[C@@](N)(CO)c1ccc(Cl)cc1. The quantitative estimate of drug-likeness (QED) is 0.734. The lowest BCUT2D eigenvalue weighted by atomic mass is 9.94. The van der Waals surface area contributed by atoms with Crippen molar-refractivity contribution >= 4 is 11.6 Å². The third-order valence-corrected chi connectivity index (χ3v) is 2.08. The normalized spacial score (nSPS) is 15.7. The molecule has 1 aromatic rings. The number of hydrogen-bond donors (Lipinski definition) is 2. The molecule has 0 heterocycles. The molecule has 0 aromatic heterocycles. The van der Waals surface area contributed by atoms with Crippen LogP contribution >= 0.6 is 11.6 Å². The lowest BCUT2D eigenvalue weighted by Gasteiger charge is -2.21. The molecule has 0 unspecified atom stereocenters. The number of hydrogen-bond acceptors (Lipinski definition) is 2. The summed E-state index contributed by atoms with van der Waals surface area (Å²) in [7, 11) is 0. The highest BCUT2D eigenvalue weighted by molar-refractivity contribution is 6.30. The van der Waals surface area contributed by atoms with Crippen molar-refractivity contribution in [1.29, 1.82) is 0 Å². The van der Waals surface area contributed by atoms with E-state index in [4.69, 9.17) is 22.4 Å². The van der Waals surface area contributed by atoms with Crippen LogP contribution in [0, 0.1) is 0 Å². The Balaban J connectivity index is 2.96. The van der Waals surface area contributed by atoms with E-state index in [-0.39, 0.29) is 6.61 Å². The van der Waals surface area contributed by atoms with Crippen molar-refractivity contribution in [3.63, 3.8) is 0 Å². The highest BCUT2D eigenvalue weighted by Gasteiger charge is 2.18. The summed E-state index contributed by atoms with van der Waals surface area (Å²) in [5.41, 5.74) is 6.00.